The summed E-state index contributed by atoms with van der Waals surface area (Å²) in [7, 11) is 4.22. The predicted molar refractivity (Wildman–Crippen MR) is 128 cm³/mol. The van der Waals surface area contributed by atoms with Gasteiger partial charge in [0.1, 0.15) is 5.54 Å². The molecule has 2 heterocycles. The number of benzene rings is 1. The molecule has 1 aliphatic heterocycles. The Kier molecular flexibility index (Phi) is 6.09. The molecule has 2 saturated carbocycles. The fourth-order valence-corrected chi connectivity index (χ4v) is 6.54. The molecule has 2 aromatic rings. The van der Waals surface area contributed by atoms with Crippen LogP contribution in [0.3, 0.4) is 0 Å². The first-order valence-corrected chi connectivity index (χ1v) is 12.5. The number of aromatic nitrogens is 2. The highest BCUT2D eigenvalue weighted by molar-refractivity contribution is 5.43. The van der Waals surface area contributed by atoms with Crippen LogP contribution in [0.2, 0.25) is 0 Å². The van der Waals surface area contributed by atoms with Gasteiger partial charge in [0.25, 0.3) is 0 Å². The average Bonchev–Trinajstić information content (AvgIpc) is 3.09. The van der Waals surface area contributed by atoms with Crippen LogP contribution >= 0.6 is 0 Å². The highest BCUT2D eigenvalue weighted by Crippen LogP contribution is 2.52. The van der Waals surface area contributed by atoms with Gasteiger partial charge in [-0.05, 0) is 45.3 Å². The van der Waals surface area contributed by atoms with E-state index in [1.165, 1.54) is 24.4 Å². The van der Waals surface area contributed by atoms with Crippen LogP contribution in [0.1, 0.15) is 56.3 Å². The van der Waals surface area contributed by atoms with E-state index in [1.54, 1.807) is 0 Å². The Morgan fingerprint density at radius 3 is 2.20 bits per heavy atom. The van der Waals surface area contributed by atoms with Gasteiger partial charge < -0.3 is 14.8 Å². The molecule has 1 saturated heterocycles. The summed E-state index contributed by atoms with van der Waals surface area (Å²) in [5.41, 5.74) is 1.16. The van der Waals surface area contributed by atoms with Crippen LogP contribution < -0.4 is 4.90 Å². The Balaban J connectivity index is 1.43. The maximum Gasteiger partial charge on any atom is 0.451 e. The highest BCUT2D eigenvalue weighted by atomic mass is 19.4. The lowest BCUT2D eigenvalue weighted by Gasteiger charge is -2.58. The van der Waals surface area contributed by atoms with Crippen LogP contribution in [0.5, 0.6) is 0 Å². The van der Waals surface area contributed by atoms with Crippen molar-refractivity contribution in [3.8, 4) is 0 Å². The van der Waals surface area contributed by atoms with Gasteiger partial charge in [-0.3, -0.25) is 4.90 Å². The lowest BCUT2D eigenvalue weighted by Crippen LogP contribution is -2.63. The Hall–Kier alpha value is -2.23. The summed E-state index contributed by atoms with van der Waals surface area (Å²) in [5.74, 6) is -0.716. The number of hydrogen-bond acceptors (Lipinski definition) is 5. The van der Waals surface area contributed by atoms with Crippen molar-refractivity contribution in [1.29, 1.82) is 0 Å². The molecule has 35 heavy (non-hydrogen) atoms. The summed E-state index contributed by atoms with van der Waals surface area (Å²) in [4.78, 5) is 11.3. The summed E-state index contributed by atoms with van der Waals surface area (Å²) in [6.45, 7) is 1.35. The van der Waals surface area contributed by atoms with E-state index in [2.05, 4.69) is 53.2 Å². The van der Waals surface area contributed by atoms with E-state index in [1.807, 2.05) is 11.0 Å². The molecule has 1 aromatic carbocycles. The van der Waals surface area contributed by atoms with Gasteiger partial charge >= 0.3 is 6.18 Å². The number of nitrogens with zero attached hydrogens (tertiary/aromatic N) is 5. The van der Waals surface area contributed by atoms with Crippen LogP contribution in [0.4, 0.5) is 18.9 Å². The molecule has 2 aliphatic carbocycles. The Labute approximate surface area is 204 Å². The normalized spacial score (nSPS) is 31.8. The summed E-state index contributed by atoms with van der Waals surface area (Å²) in [6.07, 6.45) is 4.50. The van der Waals surface area contributed by atoms with E-state index in [4.69, 9.17) is 0 Å². The first kappa shape index (κ1) is 24.5. The second-order valence-electron chi connectivity index (χ2n) is 11.0. The summed E-state index contributed by atoms with van der Waals surface area (Å²) in [5, 5.41) is 14.6. The zero-order valence-electron chi connectivity index (χ0n) is 20.5. The molecule has 190 valence electrons. The van der Waals surface area contributed by atoms with E-state index in [0.29, 0.717) is 24.7 Å². The maximum atomic E-state index is 14.6. The van der Waals surface area contributed by atoms with Crippen LogP contribution in [-0.2, 0) is 11.7 Å². The number of quaternary nitrogens is 1. The zero-order chi connectivity index (χ0) is 24.9. The van der Waals surface area contributed by atoms with Gasteiger partial charge in [-0.2, -0.15) is 13.2 Å². The van der Waals surface area contributed by atoms with Gasteiger partial charge in [0, 0.05) is 24.3 Å². The fourth-order valence-electron chi connectivity index (χ4n) is 6.54. The molecule has 9 heteroatoms. The number of hydroxylamine groups is 3. The molecule has 6 nitrogen and oxygen atoms in total. The zero-order valence-corrected chi connectivity index (χ0v) is 20.5. The monoisotopic (exact) mass is 489 g/mol. The van der Waals surface area contributed by atoms with Gasteiger partial charge in [0.05, 0.1) is 31.2 Å². The molecular weight excluding hydrogens is 455 g/mol. The molecule has 1 unspecified atom stereocenters. The molecule has 0 radical (unpaired) electrons. The summed E-state index contributed by atoms with van der Waals surface area (Å²) in [6, 6.07) is 10.5. The average molecular weight is 490 g/mol. The number of hydrogen-bond donors (Lipinski definition) is 0. The van der Waals surface area contributed by atoms with Crippen molar-refractivity contribution in [3.63, 3.8) is 0 Å². The fraction of sp³-hybridized carbons (Fsp3) is 0.615. The number of rotatable bonds is 5. The van der Waals surface area contributed by atoms with Crippen LogP contribution in [0.15, 0.2) is 42.7 Å². The quantitative estimate of drug-likeness (QED) is 0.429. The van der Waals surface area contributed by atoms with E-state index in [0.717, 1.165) is 38.5 Å². The van der Waals surface area contributed by atoms with Crippen molar-refractivity contribution in [1.82, 2.24) is 14.9 Å². The largest absolute Gasteiger partial charge is 0.631 e. The first-order valence-electron chi connectivity index (χ1n) is 12.5. The molecule has 1 atom stereocenters. The topological polar surface area (TPSA) is 55.3 Å². The third-order valence-electron chi connectivity index (χ3n) is 8.96. The summed E-state index contributed by atoms with van der Waals surface area (Å²) >= 11 is 0. The lowest BCUT2D eigenvalue weighted by atomic mass is 9.67. The smallest absolute Gasteiger partial charge is 0.451 e. The van der Waals surface area contributed by atoms with Crippen LogP contribution in [-0.4, -0.2) is 58.9 Å². The molecule has 0 bridgehead atoms. The van der Waals surface area contributed by atoms with Crippen molar-refractivity contribution in [3.05, 3.63) is 59.3 Å². The van der Waals surface area contributed by atoms with Gasteiger partial charge in [0.2, 0.25) is 5.82 Å². The van der Waals surface area contributed by atoms with Gasteiger partial charge in [0.15, 0.2) is 6.67 Å². The van der Waals surface area contributed by atoms with Gasteiger partial charge in [-0.1, -0.05) is 36.8 Å². The van der Waals surface area contributed by atoms with Crippen LogP contribution in [0, 0.1) is 11.1 Å². The Bertz CT molecular complexity index is 1020. The Morgan fingerprint density at radius 1 is 1.06 bits per heavy atom. The predicted octanol–water partition coefficient (Wildman–Crippen LogP) is 5.16. The number of halogens is 3. The van der Waals surface area contributed by atoms with Crippen molar-refractivity contribution >= 4 is 5.69 Å². The third kappa shape index (κ3) is 4.21. The minimum Gasteiger partial charge on any atom is -0.631 e. The highest BCUT2D eigenvalue weighted by Gasteiger charge is 2.58. The minimum atomic E-state index is -4.58. The van der Waals surface area contributed by atoms with Gasteiger partial charge in [-0.15, -0.1) is 0 Å². The van der Waals surface area contributed by atoms with E-state index in [9.17, 15) is 18.4 Å². The first-order chi connectivity index (χ1) is 16.6. The molecular formula is C26H34F3N5O. The SMILES string of the molecule is CN(C)C1(c2ccccc2)CCC2(CC1)CN(c1cnc(C(F)(F)F)nc1)C[N+]2([O-])CC1CCC1. The van der Waals surface area contributed by atoms with E-state index >= 15 is 0 Å². The standard InChI is InChI=1S/C26H34F3N5O/c1-32(2)25(21-9-4-3-5-10-21)13-11-24(12-14-25)18-33(19-34(24,35)17-20-7-6-8-20)22-15-30-23(31-16-22)26(27,28)29/h3-5,9-10,15-16,20H,6-8,11-14,17-19H2,1-2H3. The lowest BCUT2D eigenvalue weighted by molar-refractivity contribution is -0.923. The molecule has 0 amide bonds. The molecule has 3 aliphatic rings. The number of alkyl halides is 3. The Morgan fingerprint density at radius 2 is 1.69 bits per heavy atom. The second kappa shape index (κ2) is 8.71. The van der Waals surface area contributed by atoms with Crippen molar-refractivity contribution in [2.75, 3.05) is 38.8 Å². The molecule has 5 rings (SSSR count). The maximum absolute atomic E-state index is 14.6. The second-order valence-corrected chi connectivity index (χ2v) is 11.0. The minimum absolute atomic E-state index is 0.126. The molecule has 1 spiro atoms. The number of anilines is 1. The summed E-state index contributed by atoms with van der Waals surface area (Å²) < 4.78 is 38.6. The molecule has 1 aromatic heterocycles. The van der Waals surface area contributed by atoms with Crippen molar-refractivity contribution in [2.24, 2.45) is 5.92 Å². The van der Waals surface area contributed by atoms with Gasteiger partial charge in [-0.25, -0.2) is 9.97 Å². The van der Waals surface area contributed by atoms with Crippen LogP contribution in [0.25, 0.3) is 0 Å². The van der Waals surface area contributed by atoms with E-state index in [-0.39, 0.29) is 16.9 Å². The van der Waals surface area contributed by atoms with Crippen molar-refractivity contribution in [2.45, 2.75) is 62.2 Å². The van der Waals surface area contributed by atoms with Crippen molar-refractivity contribution < 1.29 is 17.8 Å². The van der Waals surface area contributed by atoms with E-state index < -0.39 is 17.5 Å². The third-order valence-corrected chi connectivity index (χ3v) is 8.96. The molecule has 3 fully saturated rings. The molecule has 0 N–H and O–H groups in total.